The Hall–Kier alpha value is -4.03. The minimum atomic E-state index is -0.450. The molecule has 0 unspecified atom stereocenters. The molecule has 8 nitrogen and oxygen atoms in total. The number of benzene rings is 1. The van der Waals surface area contributed by atoms with Gasteiger partial charge in [0.05, 0.1) is 9.80 Å². The summed E-state index contributed by atoms with van der Waals surface area (Å²) < 4.78 is 7.05. The number of rotatable bonds is 5. The summed E-state index contributed by atoms with van der Waals surface area (Å²) in [6, 6.07) is 15.6. The lowest BCUT2D eigenvalue weighted by atomic mass is 10.2. The first-order chi connectivity index (χ1) is 13.7. The van der Waals surface area contributed by atoms with E-state index in [-0.39, 0.29) is 17.2 Å². The lowest BCUT2D eigenvalue weighted by molar-refractivity contribution is -0.384. The van der Waals surface area contributed by atoms with Gasteiger partial charge in [0.2, 0.25) is 5.82 Å². The third-order valence-electron chi connectivity index (χ3n) is 3.93. The minimum absolute atomic E-state index is 0.0117. The molecule has 1 aromatic carbocycles. The molecule has 0 amide bonds. The first kappa shape index (κ1) is 17.4. The van der Waals surface area contributed by atoms with Gasteiger partial charge >= 0.3 is 0 Å². The fourth-order valence-corrected chi connectivity index (χ4v) is 3.26. The van der Waals surface area contributed by atoms with Crippen molar-refractivity contribution in [1.82, 2.24) is 14.7 Å². The van der Waals surface area contributed by atoms with Crippen LogP contribution in [0.3, 0.4) is 0 Å². The molecule has 0 bridgehead atoms. The maximum Gasteiger partial charge on any atom is 0.269 e. The van der Waals surface area contributed by atoms with Crippen LogP contribution in [0.2, 0.25) is 0 Å². The van der Waals surface area contributed by atoms with Crippen LogP contribution in [-0.2, 0) is 0 Å². The van der Waals surface area contributed by atoms with Gasteiger partial charge in [-0.15, -0.1) is 11.3 Å². The highest BCUT2D eigenvalue weighted by Gasteiger charge is 2.15. The fourth-order valence-electron chi connectivity index (χ4n) is 2.61. The minimum Gasteiger partial charge on any atom is -0.333 e. The zero-order chi connectivity index (χ0) is 19.5. The van der Waals surface area contributed by atoms with Crippen LogP contribution in [-0.4, -0.2) is 19.6 Å². The van der Waals surface area contributed by atoms with Crippen molar-refractivity contribution >= 4 is 28.7 Å². The van der Waals surface area contributed by atoms with Gasteiger partial charge in [0.25, 0.3) is 11.6 Å². The number of nitrogens with zero attached hydrogens (tertiary/aromatic N) is 5. The van der Waals surface area contributed by atoms with E-state index >= 15 is 0 Å². The van der Waals surface area contributed by atoms with E-state index in [1.807, 2.05) is 29.6 Å². The van der Waals surface area contributed by atoms with Gasteiger partial charge in [-0.3, -0.25) is 10.1 Å². The summed E-state index contributed by atoms with van der Waals surface area (Å²) in [5, 5.41) is 26.2. The van der Waals surface area contributed by atoms with Crippen LogP contribution >= 0.6 is 11.3 Å². The molecule has 0 spiro atoms. The Labute approximate surface area is 162 Å². The molecular weight excluding hydrogens is 378 g/mol. The molecule has 136 valence electrons. The molecule has 0 saturated heterocycles. The second-order valence-electron chi connectivity index (χ2n) is 5.65. The van der Waals surface area contributed by atoms with E-state index in [1.165, 1.54) is 23.5 Å². The smallest absolute Gasteiger partial charge is 0.269 e. The van der Waals surface area contributed by atoms with Crippen molar-refractivity contribution in [2.24, 2.45) is 0 Å². The Bertz CT molecular complexity index is 1200. The lowest BCUT2D eigenvalue weighted by Crippen LogP contribution is -1.96. The molecule has 0 fully saturated rings. The predicted octanol–water partition coefficient (Wildman–Crippen LogP) is 4.56. The van der Waals surface area contributed by atoms with Crippen LogP contribution in [0.4, 0.5) is 5.69 Å². The Morgan fingerprint density at radius 2 is 2.07 bits per heavy atom. The summed E-state index contributed by atoms with van der Waals surface area (Å²) in [5.41, 5.74) is 1.65. The van der Waals surface area contributed by atoms with E-state index in [1.54, 1.807) is 29.0 Å². The van der Waals surface area contributed by atoms with Gasteiger partial charge < -0.3 is 9.09 Å². The molecule has 4 rings (SSSR count). The van der Waals surface area contributed by atoms with Gasteiger partial charge in [-0.1, -0.05) is 11.2 Å². The lowest BCUT2D eigenvalue weighted by Gasteiger charge is -2.06. The van der Waals surface area contributed by atoms with E-state index < -0.39 is 4.92 Å². The summed E-state index contributed by atoms with van der Waals surface area (Å²) in [7, 11) is 0. The molecule has 0 aliphatic heterocycles. The zero-order valence-electron chi connectivity index (χ0n) is 14.2. The van der Waals surface area contributed by atoms with Gasteiger partial charge in [0, 0.05) is 29.7 Å². The van der Waals surface area contributed by atoms with Crippen LogP contribution in [0.5, 0.6) is 0 Å². The first-order valence-electron chi connectivity index (χ1n) is 8.07. The van der Waals surface area contributed by atoms with Gasteiger partial charge in [-0.2, -0.15) is 10.2 Å². The number of nitriles is 1. The number of allylic oxidation sites excluding steroid dienone is 1. The molecule has 28 heavy (non-hydrogen) atoms. The highest BCUT2D eigenvalue weighted by molar-refractivity contribution is 7.13. The summed E-state index contributed by atoms with van der Waals surface area (Å²) in [6.45, 7) is 0. The van der Waals surface area contributed by atoms with Gasteiger partial charge in [-0.25, -0.2) is 0 Å². The number of aromatic nitrogens is 3. The third kappa shape index (κ3) is 3.32. The highest BCUT2D eigenvalue weighted by Crippen LogP contribution is 2.25. The zero-order valence-corrected chi connectivity index (χ0v) is 15.0. The third-order valence-corrected chi connectivity index (χ3v) is 4.80. The fraction of sp³-hybridized carbons (Fsp3) is 0. The average molecular weight is 389 g/mol. The normalized spacial score (nSPS) is 11.3. The summed E-state index contributed by atoms with van der Waals surface area (Å²) in [5.74, 6) is 0.555. The summed E-state index contributed by atoms with van der Waals surface area (Å²) in [6.07, 6.45) is 3.43. The first-order valence-corrected chi connectivity index (χ1v) is 8.95. The van der Waals surface area contributed by atoms with Crippen LogP contribution < -0.4 is 0 Å². The van der Waals surface area contributed by atoms with Crippen LogP contribution in [0.25, 0.3) is 28.0 Å². The number of thiophene rings is 1. The number of hydrogen-bond acceptors (Lipinski definition) is 7. The van der Waals surface area contributed by atoms with Crippen LogP contribution in [0, 0.1) is 21.4 Å². The van der Waals surface area contributed by atoms with E-state index in [9.17, 15) is 15.4 Å². The molecule has 0 aliphatic carbocycles. The van der Waals surface area contributed by atoms with Crippen molar-refractivity contribution in [1.29, 1.82) is 5.26 Å². The van der Waals surface area contributed by atoms with E-state index in [4.69, 9.17) is 4.52 Å². The molecule has 4 aromatic rings. The van der Waals surface area contributed by atoms with E-state index in [0.29, 0.717) is 11.5 Å². The maximum absolute atomic E-state index is 10.8. The molecule has 9 heteroatoms. The van der Waals surface area contributed by atoms with Crippen molar-refractivity contribution in [2.75, 3.05) is 0 Å². The van der Waals surface area contributed by atoms with Crippen LogP contribution in [0.1, 0.15) is 11.6 Å². The number of hydrogen-bond donors (Lipinski definition) is 0. The van der Waals surface area contributed by atoms with Crippen molar-refractivity contribution in [3.63, 3.8) is 0 Å². The second kappa shape index (κ2) is 7.30. The van der Waals surface area contributed by atoms with Crippen molar-refractivity contribution in [3.8, 4) is 22.5 Å². The Balaban J connectivity index is 1.68. The monoisotopic (exact) mass is 389 g/mol. The number of nitro benzene ring substituents is 1. The van der Waals surface area contributed by atoms with Crippen LogP contribution in [0.15, 0.2) is 64.6 Å². The SMILES string of the molecule is N#C/C(=C\c1cccn1-c1ccc([N+](=O)[O-])cc1)c1nc(-c2cccs2)no1. The molecular formula is C19H11N5O3S. The molecule has 0 saturated carbocycles. The summed E-state index contributed by atoms with van der Waals surface area (Å²) >= 11 is 1.48. The topological polar surface area (TPSA) is 111 Å². The quantitative estimate of drug-likeness (QED) is 0.281. The molecule has 3 aromatic heterocycles. The van der Waals surface area contributed by atoms with Crippen molar-refractivity contribution in [3.05, 3.63) is 81.8 Å². The maximum atomic E-state index is 10.8. The average Bonchev–Trinajstić information content (AvgIpc) is 3.47. The number of nitro groups is 1. The van der Waals surface area contributed by atoms with E-state index in [2.05, 4.69) is 16.2 Å². The Morgan fingerprint density at radius 1 is 1.25 bits per heavy atom. The van der Waals surface area contributed by atoms with E-state index in [0.717, 1.165) is 10.6 Å². The largest absolute Gasteiger partial charge is 0.333 e. The Kier molecular flexibility index (Phi) is 4.53. The Morgan fingerprint density at radius 3 is 2.75 bits per heavy atom. The molecule has 0 atom stereocenters. The van der Waals surface area contributed by atoms with Crippen molar-refractivity contribution < 1.29 is 9.45 Å². The second-order valence-corrected chi connectivity index (χ2v) is 6.59. The molecule has 3 heterocycles. The van der Waals surface area contributed by atoms with Gasteiger partial charge in [0.15, 0.2) is 0 Å². The van der Waals surface area contributed by atoms with Gasteiger partial charge in [-0.05, 0) is 41.8 Å². The highest BCUT2D eigenvalue weighted by atomic mass is 32.1. The van der Waals surface area contributed by atoms with Crippen molar-refractivity contribution in [2.45, 2.75) is 0 Å². The molecule has 0 radical (unpaired) electrons. The standard InChI is InChI=1S/C19H11N5O3S/c20-12-13(19-21-18(22-27-19)17-4-2-10-28-17)11-16-3-1-9-23(16)14-5-7-15(8-6-14)24(25)26/h1-11H/b13-11+. The van der Waals surface area contributed by atoms with Gasteiger partial charge in [0.1, 0.15) is 11.6 Å². The predicted molar refractivity (Wildman–Crippen MR) is 104 cm³/mol. The summed E-state index contributed by atoms with van der Waals surface area (Å²) in [4.78, 5) is 15.5. The molecule has 0 N–H and O–H groups in total. The number of non-ortho nitro benzene ring substituents is 1. The molecule has 0 aliphatic rings.